The fourth-order valence-corrected chi connectivity index (χ4v) is 1.30. The van der Waals surface area contributed by atoms with Crippen LogP contribution in [-0.2, 0) is 0 Å². The summed E-state index contributed by atoms with van der Waals surface area (Å²) >= 11 is 0. The van der Waals surface area contributed by atoms with Crippen LogP contribution >= 0.6 is 0 Å². The minimum absolute atomic E-state index is 0.0426. The Morgan fingerprint density at radius 2 is 2.10 bits per heavy atom. The lowest BCUT2D eigenvalue weighted by atomic mass is 10.2. The van der Waals surface area contributed by atoms with Gasteiger partial charge in [-0.3, -0.25) is 4.90 Å². The number of hydrogen-bond donors (Lipinski definition) is 0. The highest BCUT2D eigenvalue weighted by atomic mass is 15.2. The van der Waals surface area contributed by atoms with Crippen LogP contribution in [-0.4, -0.2) is 24.0 Å². The molecule has 1 rings (SSSR count). The van der Waals surface area contributed by atoms with Crippen LogP contribution in [0.2, 0.25) is 0 Å². The van der Waals surface area contributed by atoms with Crippen molar-refractivity contribution in [3.63, 3.8) is 0 Å². The van der Waals surface area contributed by atoms with Crippen LogP contribution in [0.15, 0.2) is 0 Å². The molecule has 52 valence electrons. The molecule has 0 N–H and O–H groups in total. The summed E-state index contributed by atoms with van der Waals surface area (Å²) in [6.45, 7) is 0. The first-order valence-corrected chi connectivity index (χ1v) is 3.37. The molecule has 0 saturated carbocycles. The lowest BCUT2D eigenvalue weighted by Crippen LogP contribution is -2.29. The van der Waals surface area contributed by atoms with Crippen molar-refractivity contribution in [3.05, 3.63) is 0 Å². The van der Waals surface area contributed by atoms with E-state index in [2.05, 4.69) is 12.0 Å². The maximum atomic E-state index is 8.59. The lowest BCUT2D eigenvalue weighted by Gasteiger charge is -2.15. The first-order chi connectivity index (χ1) is 4.79. The van der Waals surface area contributed by atoms with E-state index in [-0.39, 0.29) is 12.1 Å². The molecule has 0 aromatic carbocycles. The summed E-state index contributed by atoms with van der Waals surface area (Å²) in [6, 6.07) is 2.44. The zero-order chi connectivity index (χ0) is 7.56. The summed E-state index contributed by atoms with van der Waals surface area (Å²) < 4.78 is 0. The Hall–Kier alpha value is -0.990. The van der Waals surface area contributed by atoms with Gasteiger partial charge in [0.2, 0.25) is 0 Å². The van der Waals surface area contributed by atoms with Crippen molar-refractivity contribution in [1.82, 2.24) is 4.90 Å². The number of nitrogens with zero attached hydrogens (tertiary/aromatic N) is 2. The van der Waals surface area contributed by atoms with Crippen LogP contribution in [0.5, 0.6) is 0 Å². The van der Waals surface area contributed by atoms with Crippen molar-refractivity contribution < 1.29 is 0 Å². The summed E-state index contributed by atoms with van der Waals surface area (Å²) in [7, 11) is 1.91. The Bertz CT molecular complexity index is 174. The third-order valence-corrected chi connectivity index (χ3v) is 2.04. The highest BCUT2D eigenvalue weighted by Gasteiger charge is 2.28. The molecule has 0 aromatic rings. The Balaban J connectivity index is 2.62. The molecule has 2 atom stereocenters. The molecule has 1 heterocycles. The maximum Gasteiger partial charge on any atom is 0.0986 e. The third-order valence-electron chi connectivity index (χ3n) is 2.04. The van der Waals surface area contributed by atoms with E-state index in [0.717, 1.165) is 12.8 Å². The number of nitriles is 1. The summed E-state index contributed by atoms with van der Waals surface area (Å²) in [4.78, 5) is 1.96. The van der Waals surface area contributed by atoms with E-state index in [0.29, 0.717) is 0 Å². The van der Waals surface area contributed by atoms with E-state index in [1.165, 1.54) is 0 Å². The van der Waals surface area contributed by atoms with Crippen LogP contribution in [0.25, 0.3) is 0 Å². The standard InChI is InChI=1S/C8H10N2/c1-3-7-4-5-8(6-9)10(7)2/h1,7-8H,4-5H2,2H3/t7-,8-/m0/s1. The number of likely N-dealkylation sites (tertiary alicyclic amines) is 1. The van der Waals surface area contributed by atoms with E-state index in [1.807, 2.05) is 11.9 Å². The normalized spacial score (nSPS) is 33.1. The molecule has 2 heteroatoms. The Morgan fingerprint density at radius 3 is 2.40 bits per heavy atom. The minimum Gasteiger partial charge on any atom is -0.277 e. The second-order valence-corrected chi connectivity index (χ2v) is 2.57. The molecule has 0 bridgehead atoms. The molecule has 0 aromatic heterocycles. The minimum atomic E-state index is 0.0426. The number of terminal acetylenes is 1. The molecule has 0 amide bonds. The molecule has 1 aliphatic rings. The van der Waals surface area contributed by atoms with E-state index in [1.54, 1.807) is 0 Å². The molecule has 1 aliphatic heterocycles. The van der Waals surface area contributed by atoms with Crippen molar-refractivity contribution in [2.45, 2.75) is 24.9 Å². The Labute approximate surface area is 61.4 Å². The topological polar surface area (TPSA) is 27.0 Å². The van der Waals surface area contributed by atoms with Gasteiger partial charge in [-0.25, -0.2) is 0 Å². The van der Waals surface area contributed by atoms with Crippen molar-refractivity contribution >= 4 is 0 Å². The fourth-order valence-electron chi connectivity index (χ4n) is 1.30. The molecular weight excluding hydrogens is 124 g/mol. The Morgan fingerprint density at radius 1 is 1.50 bits per heavy atom. The SMILES string of the molecule is C#C[C@H]1CC[C@@H](C#N)N1C. The summed E-state index contributed by atoms with van der Waals surface area (Å²) in [5.74, 6) is 2.65. The molecule has 1 fully saturated rings. The van der Waals surface area contributed by atoms with E-state index >= 15 is 0 Å². The third kappa shape index (κ3) is 0.988. The molecule has 2 nitrogen and oxygen atoms in total. The number of hydrogen-bond acceptors (Lipinski definition) is 2. The van der Waals surface area contributed by atoms with Gasteiger partial charge in [-0.2, -0.15) is 5.26 Å². The van der Waals surface area contributed by atoms with Crippen molar-refractivity contribution in [2.75, 3.05) is 7.05 Å². The van der Waals surface area contributed by atoms with Gasteiger partial charge in [-0.15, -0.1) is 6.42 Å². The molecule has 1 saturated heterocycles. The number of rotatable bonds is 0. The second kappa shape index (κ2) is 2.73. The molecule has 0 unspecified atom stereocenters. The average molecular weight is 134 g/mol. The zero-order valence-electron chi connectivity index (χ0n) is 6.04. The predicted octanol–water partition coefficient (Wildman–Crippen LogP) is 0.606. The molecule has 0 radical (unpaired) electrons. The van der Waals surface area contributed by atoms with Gasteiger partial charge in [0.05, 0.1) is 18.2 Å². The monoisotopic (exact) mass is 134 g/mol. The quantitative estimate of drug-likeness (QED) is 0.454. The first-order valence-electron chi connectivity index (χ1n) is 3.37. The highest BCUT2D eigenvalue weighted by Crippen LogP contribution is 2.20. The summed E-state index contributed by atoms with van der Waals surface area (Å²) in [5.41, 5.74) is 0. The molecular formula is C8H10N2. The lowest BCUT2D eigenvalue weighted by molar-refractivity contribution is 0.320. The zero-order valence-corrected chi connectivity index (χ0v) is 6.04. The summed E-state index contributed by atoms with van der Waals surface area (Å²) in [5, 5.41) is 8.59. The Kier molecular flexibility index (Phi) is 1.94. The molecule has 0 spiro atoms. The second-order valence-electron chi connectivity index (χ2n) is 2.57. The van der Waals surface area contributed by atoms with Crippen molar-refractivity contribution in [2.24, 2.45) is 0 Å². The van der Waals surface area contributed by atoms with Crippen LogP contribution in [0.3, 0.4) is 0 Å². The van der Waals surface area contributed by atoms with Crippen LogP contribution < -0.4 is 0 Å². The van der Waals surface area contributed by atoms with Crippen LogP contribution in [0.4, 0.5) is 0 Å². The van der Waals surface area contributed by atoms with Gasteiger partial charge >= 0.3 is 0 Å². The van der Waals surface area contributed by atoms with Gasteiger partial charge < -0.3 is 0 Å². The van der Waals surface area contributed by atoms with Gasteiger partial charge in [0, 0.05) is 0 Å². The van der Waals surface area contributed by atoms with E-state index < -0.39 is 0 Å². The van der Waals surface area contributed by atoms with E-state index in [9.17, 15) is 0 Å². The maximum absolute atomic E-state index is 8.59. The van der Waals surface area contributed by atoms with Crippen LogP contribution in [0.1, 0.15) is 12.8 Å². The van der Waals surface area contributed by atoms with Crippen LogP contribution in [0, 0.1) is 23.7 Å². The largest absolute Gasteiger partial charge is 0.277 e. The fraction of sp³-hybridized carbons (Fsp3) is 0.625. The molecule has 10 heavy (non-hydrogen) atoms. The van der Waals surface area contributed by atoms with Crippen molar-refractivity contribution in [1.29, 1.82) is 5.26 Å². The smallest absolute Gasteiger partial charge is 0.0986 e. The van der Waals surface area contributed by atoms with Gasteiger partial charge in [0.1, 0.15) is 0 Å². The highest BCUT2D eigenvalue weighted by molar-refractivity contribution is 5.09. The average Bonchev–Trinajstić information content (AvgIpc) is 2.30. The van der Waals surface area contributed by atoms with E-state index in [4.69, 9.17) is 11.7 Å². The van der Waals surface area contributed by atoms with Gasteiger partial charge in [0.25, 0.3) is 0 Å². The van der Waals surface area contributed by atoms with Gasteiger partial charge in [-0.05, 0) is 19.9 Å². The molecule has 0 aliphatic carbocycles. The van der Waals surface area contributed by atoms with Gasteiger partial charge in [-0.1, -0.05) is 5.92 Å². The predicted molar refractivity (Wildman–Crippen MR) is 39.0 cm³/mol. The van der Waals surface area contributed by atoms with Gasteiger partial charge in [0.15, 0.2) is 0 Å². The first kappa shape index (κ1) is 7.12. The van der Waals surface area contributed by atoms with Crippen molar-refractivity contribution in [3.8, 4) is 18.4 Å². The summed E-state index contributed by atoms with van der Waals surface area (Å²) in [6.07, 6.45) is 7.12.